The van der Waals surface area contributed by atoms with E-state index in [1.54, 1.807) is 4.68 Å². The van der Waals surface area contributed by atoms with Crippen LogP contribution in [0.3, 0.4) is 0 Å². The molecule has 3 heterocycles. The third-order valence-corrected chi connectivity index (χ3v) is 6.06. The number of piperidine rings is 1. The smallest absolute Gasteiger partial charge is 0.267 e. The van der Waals surface area contributed by atoms with Gasteiger partial charge >= 0.3 is 0 Å². The van der Waals surface area contributed by atoms with Gasteiger partial charge < -0.3 is 4.90 Å². The zero-order valence-electron chi connectivity index (χ0n) is 17.3. The van der Waals surface area contributed by atoms with Gasteiger partial charge in [0.15, 0.2) is 5.82 Å². The summed E-state index contributed by atoms with van der Waals surface area (Å²) in [5.74, 6) is 1.44. The summed E-state index contributed by atoms with van der Waals surface area (Å²) in [7, 11) is 0. The molecular weight excluding hydrogens is 350 g/mol. The summed E-state index contributed by atoms with van der Waals surface area (Å²) >= 11 is 0. The second kappa shape index (κ2) is 7.64. The van der Waals surface area contributed by atoms with Crippen LogP contribution >= 0.6 is 0 Å². The Labute approximate surface area is 167 Å². The number of aryl methyl sites for hydroxylation is 2. The summed E-state index contributed by atoms with van der Waals surface area (Å²) in [5, 5.41) is 13.6. The number of rotatable bonds is 3. The van der Waals surface area contributed by atoms with Crippen molar-refractivity contribution >= 4 is 5.82 Å². The van der Waals surface area contributed by atoms with Crippen LogP contribution in [0.5, 0.6) is 0 Å². The van der Waals surface area contributed by atoms with Crippen molar-refractivity contribution in [2.45, 2.75) is 71.3 Å². The topological polar surface area (TPSA) is 63.9 Å². The van der Waals surface area contributed by atoms with Crippen LogP contribution in [0.1, 0.15) is 63.4 Å². The lowest BCUT2D eigenvalue weighted by molar-refractivity contribution is 0.331. The van der Waals surface area contributed by atoms with Gasteiger partial charge in [-0.25, -0.2) is 4.68 Å². The number of fused-ring (bicyclic) bond motifs is 1. The lowest BCUT2D eigenvalue weighted by atomic mass is 9.92. The minimum Gasteiger partial charge on any atom is -0.355 e. The molecule has 1 aliphatic carbocycles. The van der Waals surface area contributed by atoms with E-state index in [1.165, 1.54) is 18.4 Å². The van der Waals surface area contributed by atoms with Gasteiger partial charge in [-0.15, -0.1) is 5.10 Å². The minimum absolute atomic E-state index is 0.0215. The van der Waals surface area contributed by atoms with Crippen molar-refractivity contribution in [1.29, 1.82) is 0 Å². The number of aromatic nitrogens is 4. The van der Waals surface area contributed by atoms with Crippen molar-refractivity contribution in [2.24, 2.45) is 5.92 Å². The molecule has 1 fully saturated rings. The minimum atomic E-state index is 0.0215. The molecule has 0 N–H and O–H groups in total. The molecule has 2 aromatic heterocycles. The van der Waals surface area contributed by atoms with Crippen LogP contribution in [0.25, 0.3) is 0 Å². The molecule has 0 amide bonds. The normalized spacial score (nSPS) is 18.2. The van der Waals surface area contributed by atoms with Crippen molar-refractivity contribution in [3.63, 3.8) is 0 Å². The maximum atomic E-state index is 12.4. The van der Waals surface area contributed by atoms with Crippen LogP contribution in [-0.4, -0.2) is 33.1 Å². The van der Waals surface area contributed by atoms with E-state index in [4.69, 9.17) is 0 Å². The second-order valence-electron chi connectivity index (χ2n) is 9.30. The Bertz CT molecular complexity index is 873. The van der Waals surface area contributed by atoms with Gasteiger partial charge in [0.05, 0.1) is 11.4 Å². The second-order valence-corrected chi connectivity index (χ2v) is 9.30. The van der Waals surface area contributed by atoms with E-state index in [2.05, 4.69) is 53.1 Å². The fourth-order valence-corrected chi connectivity index (χ4v) is 4.21. The molecule has 0 atom stereocenters. The molecule has 6 heteroatoms. The Morgan fingerprint density at radius 1 is 1.07 bits per heavy atom. The Balaban J connectivity index is 1.38. The van der Waals surface area contributed by atoms with Crippen LogP contribution in [0, 0.1) is 5.92 Å². The van der Waals surface area contributed by atoms with Gasteiger partial charge in [-0.1, -0.05) is 20.8 Å². The zero-order valence-corrected chi connectivity index (χ0v) is 17.3. The highest BCUT2D eigenvalue weighted by Crippen LogP contribution is 2.25. The monoisotopic (exact) mass is 381 g/mol. The predicted molar refractivity (Wildman–Crippen MR) is 111 cm³/mol. The van der Waals surface area contributed by atoms with E-state index >= 15 is 0 Å². The molecule has 1 aliphatic heterocycles. The van der Waals surface area contributed by atoms with Crippen LogP contribution in [0.2, 0.25) is 0 Å². The van der Waals surface area contributed by atoms with Gasteiger partial charge in [0.25, 0.3) is 5.56 Å². The first kappa shape index (κ1) is 19.1. The van der Waals surface area contributed by atoms with Gasteiger partial charge in [0, 0.05) is 31.1 Å². The average molecular weight is 382 g/mol. The van der Waals surface area contributed by atoms with E-state index in [-0.39, 0.29) is 11.0 Å². The number of hydrogen-bond acceptors (Lipinski definition) is 5. The molecule has 0 aromatic carbocycles. The molecule has 2 aliphatic rings. The standard InChI is InChI=1S/C22H31N5O/c1-22(2,3)19-8-9-20(24-23-19)26-12-10-16(11-13-26)15-27-21(28)14-17-6-4-5-7-18(17)25-27/h8-9,14,16H,4-7,10-13,15H2,1-3H3. The summed E-state index contributed by atoms with van der Waals surface area (Å²) in [6.45, 7) is 9.09. The lowest BCUT2D eigenvalue weighted by Crippen LogP contribution is -2.37. The Morgan fingerprint density at radius 2 is 1.82 bits per heavy atom. The quantitative estimate of drug-likeness (QED) is 0.817. The highest BCUT2D eigenvalue weighted by atomic mass is 16.1. The summed E-state index contributed by atoms with van der Waals surface area (Å²) in [4.78, 5) is 14.7. The average Bonchev–Trinajstić information content (AvgIpc) is 2.69. The number of anilines is 1. The Kier molecular flexibility index (Phi) is 5.21. The van der Waals surface area contributed by atoms with Crippen LogP contribution in [0.4, 0.5) is 5.82 Å². The highest BCUT2D eigenvalue weighted by molar-refractivity contribution is 5.38. The van der Waals surface area contributed by atoms with Crippen LogP contribution in [0.15, 0.2) is 23.0 Å². The molecule has 0 spiro atoms. The molecule has 0 unspecified atom stereocenters. The fourth-order valence-electron chi connectivity index (χ4n) is 4.21. The Hall–Kier alpha value is -2.24. The molecule has 6 nitrogen and oxygen atoms in total. The van der Waals surface area contributed by atoms with Crippen molar-refractivity contribution < 1.29 is 0 Å². The van der Waals surface area contributed by atoms with E-state index in [0.29, 0.717) is 5.92 Å². The maximum absolute atomic E-state index is 12.4. The molecule has 0 radical (unpaired) electrons. The Morgan fingerprint density at radius 3 is 2.50 bits per heavy atom. The molecule has 150 valence electrons. The van der Waals surface area contributed by atoms with Gasteiger partial charge in [-0.05, 0) is 62.1 Å². The van der Waals surface area contributed by atoms with Crippen LogP contribution < -0.4 is 10.5 Å². The maximum Gasteiger partial charge on any atom is 0.267 e. The van der Waals surface area contributed by atoms with Crippen LogP contribution in [-0.2, 0) is 24.8 Å². The fraction of sp³-hybridized carbons (Fsp3) is 0.636. The molecule has 1 saturated heterocycles. The third-order valence-electron chi connectivity index (χ3n) is 6.06. The first-order valence-corrected chi connectivity index (χ1v) is 10.6. The molecule has 0 saturated carbocycles. The van der Waals surface area contributed by atoms with E-state index < -0.39 is 0 Å². The van der Waals surface area contributed by atoms with E-state index in [1.807, 2.05) is 6.07 Å². The van der Waals surface area contributed by atoms with Gasteiger partial charge in [0.1, 0.15) is 0 Å². The molecule has 28 heavy (non-hydrogen) atoms. The van der Waals surface area contributed by atoms with Gasteiger partial charge in [-0.3, -0.25) is 4.79 Å². The molecule has 4 rings (SSSR count). The zero-order chi connectivity index (χ0) is 19.7. The third kappa shape index (κ3) is 4.10. The van der Waals surface area contributed by atoms with Gasteiger partial charge in [0.2, 0.25) is 0 Å². The van der Waals surface area contributed by atoms with E-state index in [9.17, 15) is 4.79 Å². The van der Waals surface area contributed by atoms with E-state index in [0.717, 1.165) is 62.5 Å². The largest absolute Gasteiger partial charge is 0.355 e. The summed E-state index contributed by atoms with van der Waals surface area (Å²) in [6, 6.07) is 6.00. The molecule has 0 bridgehead atoms. The lowest BCUT2D eigenvalue weighted by Gasteiger charge is -2.33. The summed E-state index contributed by atoms with van der Waals surface area (Å²) < 4.78 is 1.71. The van der Waals surface area contributed by atoms with Gasteiger partial charge in [-0.2, -0.15) is 10.2 Å². The molecule has 2 aromatic rings. The first-order chi connectivity index (χ1) is 13.4. The van der Waals surface area contributed by atoms with Crippen molar-refractivity contribution in [2.75, 3.05) is 18.0 Å². The SMILES string of the molecule is CC(C)(C)c1ccc(N2CCC(Cn3nc4c(cc3=O)CCCC4)CC2)nn1. The number of nitrogens with zero attached hydrogens (tertiary/aromatic N) is 5. The predicted octanol–water partition coefficient (Wildman–Crippen LogP) is 3.13. The van der Waals surface area contributed by atoms with Crippen molar-refractivity contribution in [3.8, 4) is 0 Å². The van der Waals surface area contributed by atoms with Crippen molar-refractivity contribution in [3.05, 3.63) is 45.5 Å². The first-order valence-electron chi connectivity index (χ1n) is 10.6. The number of hydrogen-bond donors (Lipinski definition) is 0. The molecular formula is C22H31N5O. The van der Waals surface area contributed by atoms with Crippen molar-refractivity contribution in [1.82, 2.24) is 20.0 Å². The summed E-state index contributed by atoms with van der Waals surface area (Å²) in [6.07, 6.45) is 6.48. The summed E-state index contributed by atoms with van der Waals surface area (Å²) in [5.41, 5.74) is 3.40. The highest BCUT2D eigenvalue weighted by Gasteiger charge is 2.23.